The van der Waals surface area contributed by atoms with Gasteiger partial charge in [0.1, 0.15) is 11.0 Å². The van der Waals surface area contributed by atoms with Gasteiger partial charge < -0.3 is 0 Å². The highest BCUT2D eigenvalue weighted by Crippen LogP contribution is 2.26. The van der Waals surface area contributed by atoms with Crippen LogP contribution < -0.4 is 0 Å². The van der Waals surface area contributed by atoms with Crippen LogP contribution in [-0.4, -0.2) is 14.4 Å². The maximum atomic E-state index is 6.20. The van der Waals surface area contributed by atoms with Crippen molar-refractivity contribution in [2.75, 3.05) is 0 Å². The highest BCUT2D eigenvalue weighted by molar-refractivity contribution is 6.29. The van der Waals surface area contributed by atoms with Crippen molar-refractivity contribution in [3.8, 4) is 11.4 Å². The molecule has 0 atom stereocenters. The first-order chi connectivity index (χ1) is 11.7. The minimum atomic E-state index is 0.494. The van der Waals surface area contributed by atoms with Crippen LogP contribution in [0, 0.1) is 6.92 Å². The summed E-state index contributed by atoms with van der Waals surface area (Å²) in [6.45, 7) is 2.03. The summed E-state index contributed by atoms with van der Waals surface area (Å²) in [5, 5.41) is 0.494. The van der Waals surface area contributed by atoms with Crippen LogP contribution in [0.2, 0.25) is 5.15 Å². The smallest absolute Gasteiger partial charge is 0.162 e. The van der Waals surface area contributed by atoms with Crippen molar-refractivity contribution in [3.05, 3.63) is 88.8 Å². The predicted molar refractivity (Wildman–Crippen MR) is 97.4 cm³/mol. The zero-order valence-corrected chi connectivity index (χ0v) is 14.0. The average Bonchev–Trinajstić information content (AvgIpc) is 2.95. The Morgan fingerprint density at radius 1 is 0.917 bits per heavy atom. The Hall–Kier alpha value is -2.65. The molecule has 0 bridgehead atoms. The molecule has 0 aliphatic heterocycles. The number of rotatable bonds is 3. The van der Waals surface area contributed by atoms with Gasteiger partial charge in [0.25, 0.3) is 0 Å². The topological polar surface area (TPSA) is 30.2 Å². The minimum absolute atomic E-state index is 0.494. The number of fused-ring (bicyclic) bond motifs is 1. The minimum Gasteiger partial charge on any atom is -0.281 e. The van der Waals surface area contributed by atoms with Crippen molar-refractivity contribution in [2.24, 2.45) is 0 Å². The second-order valence-electron chi connectivity index (χ2n) is 5.79. The first-order valence-corrected chi connectivity index (χ1v) is 8.24. The molecule has 0 saturated heterocycles. The van der Waals surface area contributed by atoms with Gasteiger partial charge in [0.2, 0.25) is 0 Å². The van der Waals surface area contributed by atoms with Gasteiger partial charge in [-0.05, 0) is 18.6 Å². The molecule has 0 amide bonds. The summed E-state index contributed by atoms with van der Waals surface area (Å²) >= 11 is 6.20. The number of aryl methyl sites for hydroxylation is 1. The SMILES string of the molecule is Cc1cc(Cl)nc2c(Cc3ccccc3)nc(-c3ccccc3)n12. The quantitative estimate of drug-likeness (QED) is 0.497. The molecular weight excluding hydrogens is 318 g/mol. The molecule has 0 saturated carbocycles. The molecular formula is C20H16ClN3. The Kier molecular flexibility index (Phi) is 3.79. The largest absolute Gasteiger partial charge is 0.281 e. The maximum absolute atomic E-state index is 6.20. The molecule has 4 heteroatoms. The second-order valence-corrected chi connectivity index (χ2v) is 6.18. The molecule has 0 unspecified atom stereocenters. The van der Waals surface area contributed by atoms with E-state index in [1.807, 2.05) is 49.4 Å². The number of nitrogens with zero attached hydrogens (tertiary/aromatic N) is 3. The Bertz CT molecular complexity index is 992. The zero-order chi connectivity index (χ0) is 16.5. The molecule has 2 aromatic carbocycles. The van der Waals surface area contributed by atoms with Crippen LogP contribution >= 0.6 is 11.6 Å². The maximum Gasteiger partial charge on any atom is 0.162 e. The van der Waals surface area contributed by atoms with E-state index in [1.165, 1.54) is 5.56 Å². The van der Waals surface area contributed by atoms with Crippen LogP contribution in [0.25, 0.3) is 17.0 Å². The van der Waals surface area contributed by atoms with Crippen LogP contribution in [0.5, 0.6) is 0 Å². The van der Waals surface area contributed by atoms with Gasteiger partial charge in [0, 0.05) is 17.7 Å². The average molecular weight is 334 g/mol. The molecule has 2 heterocycles. The van der Waals surface area contributed by atoms with E-state index in [2.05, 4.69) is 33.7 Å². The summed E-state index contributed by atoms with van der Waals surface area (Å²) in [5.41, 5.74) is 5.06. The standard InChI is InChI=1S/C20H16ClN3/c1-14-12-18(21)23-20-17(13-15-8-4-2-5-9-15)22-19(24(14)20)16-10-6-3-7-11-16/h2-12H,13H2,1H3. The molecule has 4 rings (SSSR count). The number of hydrogen-bond acceptors (Lipinski definition) is 2. The summed E-state index contributed by atoms with van der Waals surface area (Å²) in [6, 6.07) is 22.3. The Labute approximate surface area is 145 Å². The highest BCUT2D eigenvalue weighted by Gasteiger charge is 2.16. The van der Waals surface area contributed by atoms with Crippen molar-refractivity contribution in [1.29, 1.82) is 0 Å². The molecule has 0 aliphatic rings. The fraction of sp³-hybridized carbons (Fsp3) is 0.100. The molecule has 0 spiro atoms. The number of aromatic nitrogens is 3. The number of benzene rings is 2. The fourth-order valence-electron chi connectivity index (χ4n) is 2.96. The summed E-state index contributed by atoms with van der Waals surface area (Å²) in [6.07, 6.45) is 0.726. The normalized spacial score (nSPS) is 11.1. The molecule has 4 aromatic rings. The van der Waals surface area contributed by atoms with E-state index in [9.17, 15) is 0 Å². The van der Waals surface area contributed by atoms with Gasteiger partial charge in [-0.2, -0.15) is 0 Å². The van der Waals surface area contributed by atoms with Crippen LogP contribution in [-0.2, 0) is 6.42 Å². The van der Waals surface area contributed by atoms with Crippen LogP contribution in [0.3, 0.4) is 0 Å². The van der Waals surface area contributed by atoms with Crippen LogP contribution in [0.15, 0.2) is 66.7 Å². The van der Waals surface area contributed by atoms with Gasteiger partial charge in [0.15, 0.2) is 5.65 Å². The van der Waals surface area contributed by atoms with E-state index in [4.69, 9.17) is 16.6 Å². The molecule has 2 aromatic heterocycles. The monoisotopic (exact) mass is 333 g/mol. The Morgan fingerprint density at radius 3 is 2.29 bits per heavy atom. The van der Waals surface area contributed by atoms with Gasteiger partial charge in [0.05, 0.1) is 5.69 Å². The zero-order valence-electron chi connectivity index (χ0n) is 13.3. The van der Waals surface area contributed by atoms with Gasteiger partial charge in [-0.25, -0.2) is 9.97 Å². The van der Waals surface area contributed by atoms with Crippen molar-refractivity contribution in [2.45, 2.75) is 13.3 Å². The molecule has 0 N–H and O–H groups in total. The molecule has 24 heavy (non-hydrogen) atoms. The fourth-order valence-corrected chi connectivity index (χ4v) is 3.20. The second kappa shape index (κ2) is 6.10. The van der Waals surface area contributed by atoms with E-state index in [1.54, 1.807) is 0 Å². The van der Waals surface area contributed by atoms with Gasteiger partial charge in [-0.15, -0.1) is 0 Å². The van der Waals surface area contributed by atoms with Crippen molar-refractivity contribution in [1.82, 2.24) is 14.4 Å². The third-order valence-electron chi connectivity index (χ3n) is 4.06. The van der Waals surface area contributed by atoms with Crippen molar-refractivity contribution in [3.63, 3.8) is 0 Å². The number of hydrogen-bond donors (Lipinski definition) is 0. The van der Waals surface area contributed by atoms with E-state index in [-0.39, 0.29) is 0 Å². The Balaban J connectivity index is 1.94. The summed E-state index contributed by atoms with van der Waals surface area (Å²) in [5.74, 6) is 0.901. The van der Waals surface area contributed by atoms with Crippen LogP contribution in [0.4, 0.5) is 0 Å². The summed E-state index contributed by atoms with van der Waals surface area (Å²) in [7, 11) is 0. The lowest BCUT2D eigenvalue weighted by Gasteiger charge is -2.05. The van der Waals surface area contributed by atoms with Crippen molar-refractivity contribution < 1.29 is 0 Å². The lowest BCUT2D eigenvalue weighted by atomic mass is 10.1. The van der Waals surface area contributed by atoms with E-state index < -0.39 is 0 Å². The summed E-state index contributed by atoms with van der Waals surface area (Å²) in [4.78, 5) is 9.44. The van der Waals surface area contributed by atoms with Crippen LogP contribution in [0.1, 0.15) is 17.0 Å². The lowest BCUT2D eigenvalue weighted by Crippen LogP contribution is -1.97. The predicted octanol–water partition coefficient (Wildman–Crippen LogP) is 4.95. The summed E-state index contributed by atoms with van der Waals surface area (Å²) < 4.78 is 2.08. The lowest BCUT2D eigenvalue weighted by molar-refractivity contribution is 1.05. The Morgan fingerprint density at radius 2 is 1.58 bits per heavy atom. The third kappa shape index (κ3) is 2.68. The van der Waals surface area contributed by atoms with Gasteiger partial charge in [-0.1, -0.05) is 72.3 Å². The van der Waals surface area contributed by atoms with Crippen molar-refractivity contribution >= 4 is 17.2 Å². The highest BCUT2D eigenvalue weighted by atomic mass is 35.5. The van der Waals surface area contributed by atoms with E-state index in [0.29, 0.717) is 5.15 Å². The first kappa shape index (κ1) is 14.9. The molecule has 0 radical (unpaired) electrons. The third-order valence-corrected chi connectivity index (χ3v) is 4.26. The van der Waals surface area contributed by atoms with Gasteiger partial charge in [-0.3, -0.25) is 4.40 Å². The number of halogens is 1. The molecule has 3 nitrogen and oxygen atoms in total. The van der Waals surface area contributed by atoms with Gasteiger partial charge >= 0.3 is 0 Å². The van der Waals surface area contributed by atoms with E-state index >= 15 is 0 Å². The molecule has 0 fully saturated rings. The molecule has 118 valence electrons. The first-order valence-electron chi connectivity index (χ1n) is 7.86. The van der Waals surface area contributed by atoms with E-state index in [0.717, 1.165) is 34.8 Å². The number of imidazole rings is 1. The molecule has 0 aliphatic carbocycles.